The molecule has 4 rings (SSSR count). The topological polar surface area (TPSA) is 53.2 Å². The maximum absolute atomic E-state index is 14.5. The summed E-state index contributed by atoms with van der Waals surface area (Å²) in [5.41, 5.74) is -7.98. The van der Waals surface area contributed by atoms with Crippen LogP contribution in [0.25, 0.3) is 0 Å². The van der Waals surface area contributed by atoms with Crippen molar-refractivity contribution >= 4 is 0 Å². The average molecular weight is 403 g/mol. The van der Waals surface area contributed by atoms with Gasteiger partial charge in [0.15, 0.2) is 17.9 Å². The summed E-state index contributed by atoms with van der Waals surface area (Å²) in [4.78, 5) is 0. The van der Waals surface area contributed by atoms with Crippen molar-refractivity contribution in [3.8, 4) is 17.6 Å². The summed E-state index contributed by atoms with van der Waals surface area (Å²) in [6.45, 7) is 0. The zero-order valence-electron chi connectivity index (χ0n) is 13.5. The minimum Gasteiger partial charge on any atom is -0.457 e. The normalized spacial score (nSPS) is 28.7. The van der Waals surface area contributed by atoms with Gasteiger partial charge in [-0.15, -0.1) is 0 Å². The molecule has 0 heterocycles. The van der Waals surface area contributed by atoms with Crippen LogP contribution in [0, 0.1) is 17.1 Å². The quantitative estimate of drug-likeness (QED) is 0.735. The largest absolute Gasteiger partial charge is 0.457 e. The van der Waals surface area contributed by atoms with Crippen LogP contribution in [0.2, 0.25) is 0 Å². The molecule has 10 heteroatoms. The van der Waals surface area contributed by atoms with E-state index < -0.39 is 58.0 Å². The highest BCUT2D eigenvalue weighted by atomic mass is 19.3. The van der Waals surface area contributed by atoms with Crippen LogP contribution in [0.5, 0.6) is 11.5 Å². The molecular formula is C18H8F7NO2. The van der Waals surface area contributed by atoms with Crippen LogP contribution in [0.4, 0.5) is 30.7 Å². The second-order valence-electron chi connectivity index (χ2n) is 6.51. The molecule has 0 saturated carbocycles. The van der Waals surface area contributed by atoms with Crippen molar-refractivity contribution in [3.63, 3.8) is 0 Å². The number of halogens is 7. The number of alkyl halides is 6. The van der Waals surface area contributed by atoms with Crippen molar-refractivity contribution in [1.29, 1.82) is 5.26 Å². The molecule has 0 radical (unpaired) electrons. The number of aliphatic hydroxyl groups is 1. The lowest BCUT2D eigenvalue weighted by atomic mass is 9.93. The maximum atomic E-state index is 14.5. The van der Waals surface area contributed by atoms with E-state index >= 15 is 0 Å². The fourth-order valence-electron chi connectivity index (χ4n) is 3.68. The van der Waals surface area contributed by atoms with Gasteiger partial charge in [-0.25, -0.2) is 13.2 Å². The van der Waals surface area contributed by atoms with Gasteiger partial charge < -0.3 is 9.84 Å². The molecule has 0 bridgehead atoms. The van der Waals surface area contributed by atoms with Crippen LogP contribution in [0.1, 0.15) is 28.4 Å². The molecule has 2 aliphatic carbocycles. The fourth-order valence-corrected chi connectivity index (χ4v) is 3.68. The number of nitriles is 1. The molecule has 0 saturated heterocycles. The van der Waals surface area contributed by atoms with Crippen molar-refractivity contribution < 1.29 is 40.6 Å². The minimum atomic E-state index is -5.30. The Balaban J connectivity index is 1.92. The van der Waals surface area contributed by atoms with E-state index in [2.05, 4.69) is 0 Å². The molecule has 0 spiro atoms. The van der Waals surface area contributed by atoms with E-state index in [4.69, 9.17) is 10.00 Å². The summed E-state index contributed by atoms with van der Waals surface area (Å²) in [5, 5.41) is 19.0. The monoisotopic (exact) mass is 403 g/mol. The highest BCUT2D eigenvalue weighted by Gasteiger charge is 2.82. The van der Waals surface area contributed by atoms with Crippen LogP contribution in [-0.4, -0.2) is 17.2 Å². The van der Waals surface area contributed by atoms with Crippen molar-refractivity contribution in [2.75, 3.05) is 0 Å². The molecular weight excluding hydrogens is 395 g/mol. The molecule has 2 aliphatic rings. The molecule has 0 unspecified atom stereocenters. The average Bonchev–Trinajstić information content (AvgIpc) is 2.90. The molecule has 3 atom stereocenters. The molecule has 2 aromatic carbocycles. The third-order valence-corrected chi connectivity index (χ3v) is 4.96. The first kappa shape index (κ1) is 18.6. The van der Waals surface area contributed by atoms with Gasteiger partial charge in [0.2, 0.25) is 0 Å². The van der Waals surface area contributed by atoms with E-state index in [-0.39, 0.29) is 11.3 Å². The molecule has 0 aliphatic heterocycles. The van der Waals surface area contributed by atoms with Gasteiger partial charge in [0.05, 0.1) is 11.6 Å². The fraction of sp³-hybridized carbons (Fsp3) is 0.278. The first-order chi connectivity index (χ1) is 13.0. The summed E-state index contributed by atoms with van der Waals surface area (Å²) < 4.78 is 104. The zero-order chi connectivity index (χ0) is 20.6. The van der Waals surface area contributed by atoms with Crippen LogP contribution in [0.3, 0.4) is 0 Å². The van der Waals surface area contributed by atoms with Crippen LogP contribution < -0.4 is 4.74 Å². The van der Waals surface area contributed by atoms with Crippen LogP contribution in [-0.2, 0) is 11.5 Å². The smallest absolute Gasteiger partial charge is 0.349 e. The molecule has 3 nitrogen and oxygen atoms in total. The number of hydrogen-bond acceptors (Lipinski definition) is 3. The van der Waals surface area contributed by atoms with E-state index in [1.54, 1.807) is 6.07 Å². The molecule has 0 amide bonds. The van der Waals surface area contributed by atoms with Gasteiger partial charge in [-0.2, -0.15) is 22.8 Å². The van der Waals surface area contributed by atoms with Gasteiger partial charge in [-0.3, -0.25) is 0 Å². The lowest BCUT2D eigenvalue weighted by Gasteiger charge is -2.32. The molecule has 28 heavy (non-hydrogen) atoms. The van der Waals surface area contributed by atoms with Crippen LogP contribution in [0.15, 0.2) is 30.3 Å². The third-order valence-electron chi connectivity index (χ3n) is 4.96. The first-order valence-electron chi connectivity index (χ1n) is 7.79. The van der Waals surface area contributed by atoms with Gasteiger partial charge in [0.25, 0.3) is 0 Å². The Labute approximate surface area is 152 Å². The SMILES string of the molecule is N#Cc1cc(F)cc(Oc2ccc3c4c2[C@@H](F)[C@@H](F)[C@]4(O)C(F)(F)C3(F)F)c1. The summed E-state index contributed by atoms with van der Waals surface area (Å²) >= 11 is 0. The molecule has 0 fully saturated rings. The van der Waals surface area contributed by atoms with Gasteiger partial charge in [-0.05, 0) is 24.3 Å². The summed E-state index contributed by atoms with van der Waals surface area (Å²) in [6, 6.07) is 5.43. The first-order valence-corrected chi connectivity index (χ1v) is 7.79. The molecule has 0 aromatic heterocycles. The van der Waals surface area contributed by atoms with Gasteiger partial charge in [0.1, 0.15) is 17.3 Å². The highest BCUT2D eigenvalue weighted by Crippen LogP contribution is 2.69. The second-order valence-corrected chi connectivity index (χ2v) is 6.51. The Hall–Kier alpha value is -2.80. The zero-order valence-corrected chi connectivity index (χ0v) is 13.5. The Morgan fingerprint density at radius 1 is 1.07 bits per heavy atom. The van der Waals surface area contributed by atoms with E-state index in [1.165, 1.54) is 0 Å². The van der Waals surface area contributed by atoms with E-state index in [1.807, 2.05) is 0 Å². The van der Waals surface area contributed by atoms with Crippen molar-refractivity contribution in [1.82, 2.24) is 0 Å². The van der Waals surface area contributed by atoms with Gasteiger partial charge in [-0.1, -0.05) is 0 Å². The molecule has 146 valence electrons. The number of nitrogens with zero attached hydrogens (tertiary/aromatic N) is 1. The van der Waals surface area contributed by atoms with Gasteiger partial charge in [0, 0.05) is 22.8 Å². The second kappa shape index (κ2) is 5.38. The Bertz CT molecular complexity index is 1050. The molecule has 1 N–H and O–H groups in total. The summed E-state index contributed by atoms with van der Waals surface area (Å²) in [5.74, 6) is -12.2. The Morgan fingerprint density at radius 2 is 1.75 bits per heavy atom. The molecule has 2 aromatic rings. The van der Waals surface area contributed by atoms with Crippen LogP contribution >= 0.6 is 0 Å². The van der Waals surface area contributed by atoms with E-state index in [9.17, 15) is 35.8 Å². The standard InChI is InChI=1S/C18H8F7NO2/c19-8-3-7(6-26)4-9(5-8)28-11-2-1-10-13-12(11)14(20)15(21)16(13,27)18(24,25)17(10,22)23/h1-5,14-15,27H/t14-,15-,16+/m1/s1. The minimum absolute atomic E-state index is 0.192. The highest BCUT2D eigenvalue weighted by molar-refractivity contribution is 5.62. The Kier molecular flexibility index (Phi) is 3.57. The van der Waals surface area contributed by atoms with Crippen molar-refractivity contribution in [3.05, 3.63) is 58.4 Å². The lowest BCUT2D eigenvalue weighted by molar-refractivity contribution is -0.302. The third kappa shape index (κ3) is 1.97. The van der Waals surface area contributed by atoms with Crippen molar-refractivity contribution in [2.24, 2.45) is 0 Å². The predicted octanol–water partition coefficient (Wildman–Crippen LogP) is 4.78. The summed E-state index contributed by atoms with van der Waals surface area (Å²) in [7, 11) is 0. The number of benzene rings is 2. The lowest BCUT2D eigenvalue weighted by Crippen LogP contribution is -2.53. The van der Waals surface area contributed by atoms with E-state index in [0.29, 0.717) is 12.1 Å². The van der Waals surface area contributed by atoms with E-state index in [0.717, 1.165) is 18.2 Å². The number of ether oxygens (including phenoxy) is 1. The van der Waals surface area contributed by atoms with Crippen molar-refractivity contribution in [2.45, 2.75) is 29.8 Å². The maximum Gasteiger partial charge on any atom is 0.349 e. The predicted molar refractivity (Wildman–Crippen MR) is 79.1 cm³/mol. The summed E-state index contributed by atoms with van der Waals surface area (Å²) in [6.07, 6.45) is -6.27. The Morgan fingerprint density at radius 3 is 2.39 bits per heavy atom. The number of rotatable bonds is 2. The number of hydrogen-bond donors (Lipinski definition) is 1. The van der Waals surface area contributed by atoms with Gasteiger partial charge >= 0.3 is 11.8 Å².